The fraction of sp³-hybridized carbons (Fsp3) is 0.647. The van der Waals surface area contributed by atoms with E-state index in [1.165, 1.54) is 25.3 Å². The topological polar surface area (TPSA) is 12.0 Å². The first-order valence-corrected chi connectivity index (χ1v) is 8.02. The Hall–Kier alpha value is -0.600. The highest BCUT2D eigenvalue weighted by atomic mass is 35.5. The minimum Gasteiger partial charge on any atom is -0.314 e. The van der Waals surface area contributed by atoms with Gasteiger partial charge >= 0.3 is 0 Å². The molecule has 2 atom stereocenters. The fourth-order valence-corrected chi connectivity index (χ4v) is 4.06. The molecule has 2 fully saturated rings. The largest absolute Gasteiger partial charge is 0.314 e. The summed E-state index contributed by atoms with van der Waals surface area (Å²) in [6, 6.07) is 5.41. The number of hydrogen-bond donors (Lipinski definition) is 1. The van der Waals surface area contributed by atoms with Gasteiger partial charge in [0.05, 0.1) is 0 Å². The lowest BCUT2D eigenvalue weighted by molar-refractivity contribution is 0.239. The summed E-state index contributed by atoms with van der Waals surface area (Å²) in [5.41, 5.74) is 1.01. The Morgan fingerprint density at radius 3 is 2.70 bits per heavy atom. The van der Waals surface area contributed by atoms with Gasteiger partial charge in [0, 0.05) is 17.6 Å². The Balaban J connectivity index is 1.77. The molecular formula is C17H23ClFN. The zero-order valence-corrected chi connectivity index (χ0v) is 13.0. The van der Waals surface area contributed by atoms with E-state index < -0.39 is 0 Å². The van der Waals surface area contributed by atoms with Crippen molar-refractivity contribution in [2.45, 2.75) is 45.6 Å². The van der Waals surface area contributed by atoms with Gasteiger partial charge in [-0.15, -0.1) is 0 Å². The second kappa shape index (κ2) is 5.31. The van der Waals surface area contributed by atoms with Gasteiger partial charge in [-0.2, -0.15) is 0 Å². The van der Waals surface area contributed by atoms with Gasteiger partial charge in [-0.1, -0.05) is 25.4 Å². The van der Waals surface area contributed by atoms with Crippen molar-refractivity contribution in [3.05, 3.63) is 34.6 Å². The lowest BCUT2D eigenvalue weighted by Crippen LogP contribution is -2.38. The van der Waals surface area contributed by atoms with Gasteiger partial charge in [0.15, 0.2) is 0 Å². The van der Waals surface area contributed by atoms with Crippen LogP contribution in [0.25, 0.3) is 0 Å². The van der Waals surface area contributed by atoms with Crippen LogP contribution in [-0.4, -0.2) is 12.6 Å². The molecule has 20 heavy (non-hydrogen) atoms. The molecule has 0 saturated heterocycles. The smallest absolute Gasteiger partial charge is 0.126 e. The quantitative estimate of drug-likeness (QED) is 0.847. The van der Waals surface area contributed by atoms with Crippen molar-refractivity contribution in [1.29, 1.82) is 0 Å². The van der Waals surface area contributed by atoms with Crippen LogP contribution >= 0.6 is 11.6 Å². The zero-order valence-electron chi connectivity index (χ0n) is 12.3. The summed E-state index contributed by atoms with van der Waals surface area (Å²) in [4.78, 5) is 0. The molecule has 2 unspecified atom stereocenters. The predicted molar refractivity (Wildman–Crippen MR) is 81.5 cm³/mol. The van der Waals surface area contributed by atoms with Crippen molar-refractivity contribution in [1.82, 2.24) is 5.32 Å². The van der Waals surface area contributed by atoms with Crippen LogP contribution in [0.5, 0.6) is 0 Å². The number of halogens is 2. The fourth-order valence-electron chi connectivity index (χ4n) is 3.86. The van der Waals surface area contributed by atoms with Crippen LogP contribution < -0.4 is 5.32 Å². The molecule has 1 aromatic carbocycles. The third kappa shape index (κ3) is 3.01. The predicted octanol–water partition coefficient (Wildman–Crippen LogP) is 4.44. The lowest BCUT2D eigenvalue weighted by Gasteiger charge is -2.32. The van der Waals surface area contributed by atoms with E-state index in [1.54, 1.807) is 12.1 Å². The molecule has 2 saturated carbocycles. The Morgan fingerprint density at radius 1 is 1.35 bits per heavy atom. The summed E-state index contributed by atoms with van der Waals surface area (Å²) < 4.78 is 14.0. The maximum absolute atomic E-state index is 14.0. The maximum Gasteiger partial charge on any atom is 0.126 e. The Kier molecular flexibility index (Phi) is 3.81. The molecule has 110 valence electrons. The van der Waals surface area contributed by atoms with E-state index >= 15 is 0 Å². The molecule has 1 N–H and O–H groups in total. The van der Waals surface area contributed by atoms with E-state index in [-0.39, 0.29) is 11.2 Å². The number of benzene rings is 1. The van der Waals surface area contributed by atoms with Gasteiger partial charge in [-0.05, 0) is 66.7 Å². The minimum atomic E-state index is -0.112. The first kappa shape index (κ1) is 14.3. The Labute approximate surface area is 125 Å². The first-order valence-electron chi connectivity index (χ1n) is 7.65. The van der Waals surface area contributed by atoms with Crippen molar-refractivity contribution >= 4 is 11.6 Å². The van der Waals surface area contributed by atoms with E-state index in [9.17, 15) is 4.39 Å². The zero-order chi connectivity index (χ0) is 14.3. The highest BCUT2D eigenvalue weighted by Crippen LogP contribution is 2.60. The third-order valence-corrected chi connectivity index (χ3v) is 5.15. The van der Waals surface area contributed by atoms with Crippen molar-refractivity contribution in [3.63, 3.8) is 0 Å². The highest BCUT2D eigenvalue weighted by Gasteiger charge is 2.53. The van der Waals surface area contributed by atoms with Gasteiger partial charge in [-0.3, -0.25) is 0 Å². The second-order valence-corrected chi connectivity index (χ2v) is 7.55. The summed E-state index contributed by atoms with van der Waals surface area (Å²) in [5, 5.41) is 4.20. The molecule has 0 amide bonds. The summed E-state index contributed by atoms with van der Waals surface area (Å²) in [5.74, 6) is 1.68. The molecule has 1 aromatic rings. The summed E-state index contributed by atoms with van der Waals surface area (Å²) >= 11 is 6.03. The van der Waals surface area contributed by atoms with Crippen molar-refractivity contribution in [3.8, 4) is 0 Å². The number of hydrogen-bond acceptors (Lipinski definition) is 1. The Bertz CT molecular complexity index is 490. The van der Waals surface area contributed by atoms with Crippen LogP contribution in [0.1, 0.15) is 38.7 Å². The van der Waals surface area contributed by atoms with E-state index in [0.717, 1.165) is 30.4 Å². The molecule has 0 bridgehead atoms. The van der Waals surface area contributed by atoms with Crippen LogP contribution in [0.3, 0.4) is 0 Å². The molecule has 0 spiro atoms. The van der Waals surface area contributed by atoms with E-state index in [1.807, 2.05) is 0 Å². The molecule has 0 aliphatic heterocycles. The molecule has 2 aliphatic rings. The molecule has 0 heterocycles. The molecule has 0 radical (unpaired) electrons. The van der Waals surface area contributed by atoms with Gasteiger partial charge in [0.1, 0.15) is 5.82 Å². The summed E-state index contributed by atoms with van der Waals surface area (Å²) in [7, 11) is 0. The van der Waals surface area contributed by atoms with Crippen molar-refractivity contribution in [2.75, 3.05) is 6.54 Å². The minimum absolute atomic E-state index is 0.112. The van der Waals surface area contributed by atoms with E-state index in [4.69, 9.17) is 11.6 Å². The molecule has 0 aromatic heterocycles. The molecule has 1 nitrogen and oxygen atoms in total. The highest BCUT2D eigenvalue weighted by molar-refractivity contribution is 6.30. The van der Waals surface area contributed by atoms with Crippen LogP contribution in [-0.2, 0) is 6.42 Å². The number of fused-ring (bicyclic) bond motifs is 1. The molecule has 3 heteroatoms. The van der Waals surface area contributed by atoms with Gasteiger partial charge in [0.2, 0.25) is 0 Å². The van der Waals surface area contributed by atoms with Crippen LogP contribution in [0.2, 0.25) is 5.02 Å². The van der Waals surface area contributed by atoms with Gasteiger partial charge in [0.25, 0.3) is 0 Å². The van der Waals surface area contributed by atoms with Crippen LogP contribution in [0.4, 0.5) is 4.39 Å². The standard InChI is InChI=1S/C17H23ClFN/c1-11(2)20-10-17(7-12-5-13(12)8-17)9-14-6-15(18)3-4-16(14)19/h3-4,6,11-13,20H,5,7-10H2,1-2H3. The molecule has 2 aliphatic carbocycles. The summed E-state index contributed by atoms with van der Waals surface area (Å²) in [6.45, 7) is 5.33. The lowest BCUT2D eigenvalue weighted by atomic mass is 9.77. The van der Waals surface area contributed by atoms with E-state index in [2.05, 4.69) is 19.2 Å². The third-order valence-electron chi connectivity index (χ3n) is 4.92. The van der Waals surface area contributed by atoms with Crippen LogP contribution in [0.15, 0.2) is 18.2 Å². The SMILES string of the molecule is CC(C)NCC1(Cc2cc(Cl)ccc2F)CC2CC2C1. The first-order chi connectivity index (χ1) is 9.47. The van der Waals surface area contributed by atoms with Crippen molar-refractivity contribution in [2.24, 2.45) is 17.3 Å². The molecular weight excluding hydrogens is 273 g/mol. The average Bonchev–Trinajstić information content (AvgIpc) is 3.00. The normalized spacial score (nSPS) is 31.6. The maximum atomic E-state index is 14.0. The van der Waals surface area contributed by atoms with Crippen LogP contribution in [0, 0.1) is 23.1 Å². The number of nitrogens with one attached hydrogen (secondary N) is 1. The summed E-state index contributed by atoms with van der Waals surface area (Å²) in [6.07, 6.45) is 4.68. The van der Waals surface area contributed by atoms with Crippen molar-refractivity contribution < 1.29 is 4.39 Å². The second-order valence-electron chi connectivity index (χ2n) is 7.11. The Morgan fingerprint density at radius 2 is 2.05 bits per heavy atom. The number of rotatable bonds is 5. The monoisotopic (exact) mass is 295 g/mol. The van der Waals surface area contributed by atoms with E-state index in [0.29, 0.717) is 11.1 Å². The average molecular weight is 296 g/mol. The van der Waals surface area contributed by atoms with Gasteiger partial charge in [-0.25, -0.2) is 4.39 Å². The van der Waals surface area contributed by atoms with Gasteiger partial charge < -0.3 is 5.32 Å². The molecule has 3 rings (SSSR count).